The lowest BCUT2D eigenvalue weighted by Gasteiger charge is -2.19. The maximum Gasteiger partial charge on any atom is 0.251 e. The average molecular weight is 646 g/mol. The first kappa shape index (κ1) is 34.0. The lowest BCUT2D eigenvalue weighted by molar-refractivity contribution is 0.0519. The number of aromatic nitrogens is 3. The van der Waals surface area contributed by atoms with Gasteiger partial charge in [-0.2, -0.15) is 15.0 Å². The summed E-state index contributed by atoms with van der Waals surface area (Å²) in [7, 11) is 0. The van der Waals surface area contributed by atoms with E-state index in [4.69, 9.17) is 9.47 Å². The molecule has 1 amide bonds. The van der Waals surface area contributed by atoms with Crippen LogP contribution in [-0.2, 0) is 16.0 Å². The zero-order chi connectivity index (χ0) is 33.1. The van der Waals surface area contributed by atoms with Gasteiger partial charge in [0.05, 0.1) is 26.4 Å². The van der Waals surface area contributed by atoms with Gasteiger partial charge in [0.1, 0.15) is 0 Å². The topological polar surface area (TPSA) is 122 Å². The van der Waals surface area contributed by atoms with Crippen molar-refractivity contribution in [1.82, 2.24) is 20.3 Å². The minimum atomic E-state index is -0.111. The van der Waals surface area contributed by atoms with Gasteiger partial charge in [0.15, 0.2) is 0 Å². The lowest BCUT2D eigenvalue weighted by atomic mass is 9.88. The highest BCUT2D eigenvalue weighted by Gasteiger charge is 2.14. The maximum atomic E-state index is 12.1. The molecule has 5 aromatic rings. The van der Waals surface area contributed by atoms with Crippen LogP contribution >= 0.6 is 0 Å². The molecule has 0 aliphatic heterocycles. The first-order valence-corrected chi connectivity index (χ1v) is 16.3. The Morgan fingerprint density at radius 3 is 1.60 bits per heavy atom. The number of nitrogens with zero attached hydrogens (tertiary/aromatic N) is 3. The van der Waals surface area contributed by atoms with Gasteiger partial charge in [0.2, 0.25) is 17.8 Å². The van der Waals surface area contributed by atoms with E-state index in [2.05, 4.69) is 96.9 Å². The number of nitrogens with one attached hydrogen (secondary N) is 4. The van der Waals surface area contributed by atoms with Crippen LogP contribution in [0, 0.1) is 0 Å². The first-order valence-electron chi connectivity index (χ1n) is 16.3. The summed E-state index contributed by atoms with van der Waals surface area (Å²) in [6, 6.07) is 40.4. The molecule has 48 heavy (non-hydrogen) atoms. The van der Waals surface area contributed by atoms with E-state index < -0.39 is 0 Å². The van der Waals surface area contributed by atoms with Crippen LogP contribution < -0.4 is 21.3 Å². The van der Waals surface area contributed by atoms with E-state index in [1.54, 1.807) is 12.1 Å². The third-order valence-corrected chi connectivity index (χ3v) is 7.52. The molecule has 0 aliphatic rings. The molecule has 248 valence electrons. The number of amides is 1. The number of rotatable bonds is 20. The molecule has 5 rings (SSSR count). The second-order valence-corrected chi connectivity index (χ2v) is 11.0. The van der Waals surface area contributed by atoms with Crippen molar-refractivity contribution in [2.75, 3.05) is 62.0 Å². The van der Waals surface area contributed by atoms with Crippen LogP contribution in [0.25, 0.3) is 0 Å². The average Bonchev–Trinajstić information content (AvgIpc) is 3.14. The molecule has 0 fully saturated rings. The van der Waals surface area contributed by atoms with Crippen molar-refractivity contribution in [3.05, 3.63) is 144 Å². The minimum absolute atomic E-state index is 0.111. The normalized spacial score (nSPS) is 10.9. The molecule has 0 aliphatic carbocycles. The summed E-state index contributed by atoms with van der Waals surface area (Å²) in [6.45, 7) is 3.95. The van der Waals surface area contributed by atoms with Crippen molar-refractivity contribution in [3.8, 4) is 0 Å². The Balaban J connectivity index is 1.08. The van der Waals surface area contributed by atoms with Crippen molar-refractivity contribution in [3.63, 3.8) is 0 Å². The van der Waals surface area contributed by atoms with Crippen LogP contribution in [0.15, 0.2) is 121 Å². The highest BCUT2D eigenvalue weighted by atomic mass is 16.5. The van der Waals surface area contributed by atoms with Crippen molar-refractivity contribution in [1.29, 1.82) is 0 Å². The molecular weight excluding hydrogens is 602 g/mol. The van der Waals surface area contributed by atoms with Gasteiger partial charge < -0.3 is 30.7 Å². The van der Waals surface area contributed by atoms with Crippen LogP contribution in [0.1, 0.15) is 39.4 Å². The van der Waals surface area contributed by atoms with Gasteiger partial charge in [0.25, 0.3) is 5.91 Å². The molecule has 0 bridgehead atoms. The van der Waals surface area contributed by atoms with Crippen molar-refractivity contribution < 1.29 is 14.3 Å². The van der Waals surface area contributed by atoms with Gasteiger partial charge in [-0.15, -0.1) is 0 Å². The number of carbonyl (C=O) groups is 1. The highest BCUT2D eigenvalue weighted by molar-refractivity contribution is 5.94. The first-order chi connectivity index (χ1) is 23.7. The third kappa shape index (κ3) is 11.5. The van der Waals surface area contributed by atoms with Gasteiger partial charge in [-0.05, 0) is 35.2 Å². The summed E-state index contributed by atoms with van der Waals surface area (Å²) in [5.41, 5.74) is 4.31. The molecule has 0 unspecified atom stereocenters. The largest absolute Gasteiger partial charge is 0.377 e. The van der Waals surface area contributed by atoms with Crippen molar-refractivity contribution in [2.24, 2.45) is 0 Å². The summed E-state index contributed by atoms with van der Waals surface area (Å²) in [5.74, 6) is 1.57. The molecule has 10 heteroatoms. The molecule has 0 radical (unpaired) electrons. The van der Waals surface area contributed by atoms with E-state index in [9.17, 15) is 4.79 Å². The molecule has 10 nitrogen and oxygen atoms in total. The van der Waals surface area contributed by atoms with Crippen LogP contribution in [0.5, 0.6) is 0 Å². The van der Waals surface area contributed by atoms with Gasteiger partial charge in [0, 0.05) is 37.7 Å². The molecule has 4 aromatic carbocycles. The van der Waals surface area contributed by atoms with E-state index in [1.807, 2.05) is 48.5 Å². The fourth-order valence-corrected chi connectivity index (χ4v) is 5.10. The lowest BCUT2D eigenvalue weighted by Crippen LogP contribution is -2.27. The van der Waals surface area contributed by atoms with Gasteiger partial charge in [-0.3, -0.25) is 4.79 Å². The summed E-state index contributed by atoms with van der Waals surface area (Å²) in [4.78, 5) is 26.0. The minimum Gasteiger partial charge on any atom is -0.377 e. The van der Waals surface area contributed by atoms with E-state index in [-0.39, 0.29) is 11.8 Å². The van der Waals surface area contributed by atoms with Crippen LogP contribution in [0.4, 0.5) is 17.8 Å². The number of ether oxygens (including phenoxy) is 2. The monoisotopic (exact) mass is 645 g/mol. The van der Waals surface area contributed by atoms with E-state index in [1.165, 1.54) is 11.1 Å². The second kappa shape index (κ2) is 19.4. The molecule has 0 saturated heterocycles. The number of benzene rings is 4. The number of anilines is 3. The Bertz CT molecular complexity index is 1590. The number of hydrogen-bond donors (Lipinski definition) is 4. The summed E-state index contributed by atoms with van der Waals surface area (Å²) in [6.07, 6.45) is 0.866. The third-order valence-electron chi connectivity index (χ3n) is 7.52. The zero-order valence-electron chi connectivity index (χ0n) is 27.1. The number of hydrogen-bond acceptors (Lipinski definition) is 9. The van der Waals surface area contributed by atoms with E-state index >= 15 is 0 Å². The highest BCUT2D eigenvalue weighted by Crippen LogP contribution is 2.27. The summed E-state index contributed by atoms with van der Waals surface area (Å²) < 4.78 is 11.3. The predicted molar refractivity (Wildman–Crippen MR) is 190 cm³/mol. The predicted octanol–water partition coefficient (Wildman–Crippen LogP) is 5.99. The smallest absolute Gasteiger partial charge is 0.251 e. The van der Waals surface area contributed by atoms with Crippen molar-refractivity contribution >= 4 is 23.8 Å². The van der Waals surface area contributed by atoms with Gasteiger partial charge in [-0.25, -0.2) is 0 Å². The van der Waals surface area contributed by atoms with Crippen LogP contribution in [0.3, 0.4) is 0 Å². The van der Waals surface area contributed by atoms with Crippen LogP contribution in [-0.4, -0.2) is 66.9 Å². The molecule has 0 spiro atoms. The Morgan fingerprint density at radius 1 is 0.542 bits per heavy atom. The Kier molecular flexibility index (Phi) is 13.7. The fourth-order valence-electron chi connectivity index (χ4n) is 5.10. The fraction of sp³-hybridized carbons (Fsp3) is 0.263. The summed E-state index contributed by atoms with van der Waals surface area (Å²) >= 11 is 0. The Hall–Kier alpha value is -5.32. The standard InChI is InChI=1S/C38H43N7O3/c46-35(33-19-11-4-12-20-33)39-23-25-47-27-28-48-26-24-41-37-43-36(44-38(45-37)42-29-30-13-5-1-6-14-30)40-22-21-34(31-15-7-2-8-16-31)32-17-9-3-10-18-32/h1-20,34H,21-29H2,(H,39,46)(H3,40,41,42,43,44,45). The zero-order valence-corrected chi connectivity index (χ0v) is 27.1. The van der Waals surface area contributed by atoms with Gasteiger partial charge >= 0.3 is 0 Å². The molecule has 0 saturated carbocycles. The van der Waals surface area contributed by atoms with E-state index in [0.717, 1.165) is 12.0 Å². The molecule has 1 aromatic heterocycles. The molecule has 1 heterocycles. The van der Waals surface area contributed by atoms with Gasteiger partial charge in [-0.1, -0.05) is 109 Å². The summed E-state index contributed by atoms with van der Waals surface area (Å²) in [5, 5.41) is 12.9. The number of carbonyl (C=O) groups excluding carboxylic acids is 1. The molecule has 4 N–H and O–H groups in total. The van der Waals surface area contributed by atoms with E-state index in [0.29, 0.717) is 76.0 Å². The molecular formula is C38H43N7O3. The molecule has 0 atom stereocenters. The Labute approximate surface area is 282 Å². The quantitative estimate of drug-likeness (QED) is 0.0756. The second-order valence-electron chi connectivity index (χ2n) is 11.0. The Morgan fingerprint density at radius 2 is 1.02 bits per heavy atom. The SMILES string of the molecule is O=C(NCCOCCOCCNc1nc(NCCC(c2ccccc2)c2ccccc2)nc(NCc2ccccc2)n1)c1ccccc1. The maximum absolute atomic E-state index is 12.1. The van der Waals surface area contributed by atoms with Crippen LogP contribution in [0.2, 0.25) is 0 Å². The van der Waals surface area contributed by atoms with Crippen molar-refractivity contribution in [2.45, 2.75) is 18.9 Å².